The van der Waals surface area contributed by atoms with Gasteiger partial charge in [0.05, 0.1) is 6.54 Å². The summed E-state index contributed by atoms with van der Waals surface area (Å²) < 4.78 is 0. The molecule has 0 aliphatic heterocycles. The fourth-order valence-electron chi connectivity index (χ4n) is 2.76. The van der Waals surface area contributed by atoms with Crippen molar-refractivity contribution in [3.8, 4) is 0 Å². The molecule has 0 saturated heterocycles. The molecule has 2 aromatic carbocycles. The number of anilines is 1. The van der Waals surface area contributed by atoms with Gasteiger partial charge in [0.1, 0.15) is 0 Å². The third-order valence-electron chi connectivity index (χ3n) is 3.81. The first-order valence-electron chi connectivity index (χ1n) is 6.90. The lowest BCUT2D eigenvalue weighted by Crippen LogP contribution is -2.28. The highest BCUT2D eigenvalue weighted by Gasteiger charge is 2.18. The summed E-state index contributed by atoms with van der Waals surface area (Å²) in [7, 11) is 0. The monoisotopic (exact) mass is 267 g/mol. The van der Waals surface area contributed by atoms with Crippen molar-refractivity contribution in [2.75, 3.05) is 4.90 Å². The van der Waals surface area contributed by atoms with Gasteiger partial charge in [-0.1, -0.05) is 36.4 Å². The molecule has 1 amide bonds. The molecule has 0 atom stereocenters. The lowest BCUT2D eigenvalue weighted by Gasteiger charge is -2.20. The summed E-state index contributed by atoms with van der Waals surface area (Å²) in [6.45, 7) is 0.384. The summed E-state index contributed by atoms with van der Waals surface area (Å²) in [6, 6.07) is 15.7. The van der Waals surface area contributed by atoms with Crippen molar-refractivity contribution in [1.29, 1.82) is 0 Å². The number of rotatable bonds is 3. The van der Waals surface area contributed by atoms with Crippen LogP contribution in [0.1, 0.15) is 23.1 Å². The first-order valence-corrected chi connectivity index (χ1v) is 6.90. The van der Waals surface area contributed by atoms with Gasteiger partial charge in [0.25, 0.3) is 0 Å². The Bertz CT molecular complexity index is 622. The van der Waals surface area contributed by atoms with E-state index in [0.717, 1.165) is 24.1 Å². The van der Waals surface area contributed by atoms with Crippen LogP contribution in [0.2, 0.25) is 0 Å². The molecule has 1 N–H and O–H groups in total. The molecule has 3 rings (SSSR count). The zero-order chi connectivity index (χ0) is 13.9. The average Bonchev–Trinajstić information content (AvgIpc) is 2.93. The molecular formula is C17H17NO2. The quantitative estimate of drug-likeness (QED) is 0.917. The van der Waals surface area contributed by atoms with Crippen LogP contribution >= 0.6 is 0 Å². The van der Waals surface area contributed by atoms with Gasteiger partial charge in [0, 0.05) is 5.69 Å². The average molecular weight is 267 g/mol. The maximum atomic E-state index is 11.5. The molecule has 0 fully saturated rings. The van der Waals surface area contributed by atoms with Gasteiger partial charge in [-0.2, -0.15) is 0 Å². The number of carboxylic acid groups (broad SMARTS) is 1. The summed E-state index contributed by atoms with van der Waals surface area (Å²) in [5, 5.41) is 9.46. The van der Waals surface area contributed by atoms with Crippen molar-refractivity contribution < 1.29 is 9.90 Å². The largest absolute Gasteiger partial charge is 0.465 e. The van der Waals surface area contributed by atoms with Crippen LogP contribution in [0.15, 0.2) is 48.5 Å². The molecule has 1 aliphatic carbocycles. The molecule has 20 heavy (non-hydrogen) atoms. The number of nitrogens with zero attached hydrogens (tertiary/aromatic N) is 1. The number of hydrogen-bond acceptors (Lipinski definition) is 1. The lowest BCUT2D eigenvalue weighted by molar-refractivity contribution is 0.201. The number of carbonyl (C=O) groups is 1. The van der Waals surface area contributed by atoms with E-state index in [0.29, 0.717) is 6.54 Å². The maximum absolute atomic E-state index is 11.5. The van der Waals surface area contributed by atoms with Crippen LogP contribution in [-0.2, 0) is 19.4 Å². The molecule has 3 heteroatoms. The summed E-state index contributed by atoms with van der Waals surface area (Å²) >= 11 is 0. The fraction of sp³-hybridized carbons (Fsp3) is 0.235. The Labute approximate surface area is 118 Å². The van der Waals surface area contributed by atoms with Crippen LogP contribution in [0.5, 0.6) is 0 Å². The molecule has 102 valence electrons. The molecule has 0 heterocycles. The first kappa shape index (κ1) is 12.7. The lowest BCUT2D eigenvalue weighted by atomic mass is 10.1. The van der Waals surface area contributed by atoms with Gasteiger partial charge in [-0.3, -0.25) is 4.90 Å². The van der Waals surface area contributed by atoms with Crippen LogP contribution in [0.25, 0.3) is 0 Å². The van der Waals surface area contributed by atoms with Crippen LogP contribution in [0.4, 0.5) is 10.5 Å². The van der Waals surface area contributed by atoms with Gasteiger partial charge < -0.3 is 5.11 Å². The molecule has 2 aromatic rings. The Morgan fingerprint density at radius 2 is 1.80 bits per heavy atom. The molecule has 0 saturated carbocycles. The Hall–Kier alpha value is -2.29. The molecule has 0 unspecified atom stereocenters. The molecule has 0 aromatic heterocycles. The Morgan fingerprint density at radius 1 is 1.05 bits per heavy atom. The predicted molar refractivity (Wildman–Crippen MR) is 79.1 cm³/mol. The van der Waals surface area contributed by atoms with E-state index in [-0.39, 0.29) is 0 Å². The van der Waals surface area contributed by atoms with Crippen LogP contribution < -0.4 is 4.90 Å². The van der Waals surface area contributed by atoms with E-state index in [4.69, 9.17) is 0 Å². The number of hydrogen-bond donors (Lipinski definition) is 1. The topological polar surface area (TPSA) is 40.5 Å². The van der Waals surface area contributed by atoms with E-state index in [1.165, 1.54) is 22.4 Å². The van der Waals surface area contributed by atoms with Crippen molar-refractivity contribution in [3.05, 3.63) is 65.2 Å². The van der Waals surface area contributed by atoms with E-state index in [2.05, 4.69) is 6.07 Å². The van der Waals surface area contributed by atoms with Crippen molar-refractivity contribution in [1.82, 2.24) is 0 Å². The smallest absolute Gasteiger partial charge is 0.412 e. The molecule has 3 nitrogen and oxygen atoms in total. The summed E-state index contributed by atoms with van der Waals surface area (Å²) in [5.74, 6) is 0. The first-order chi connectivity index (χ1) is 9.74. The van der Waals surface area contributed by atoms with Gasteiger partial charge in [-0.15, -0.1) is 0 Å². The zero-order valence-electron chi connectivity index (χ0n) is 11.2. The zero-order valence-corrected chi connectivity index (χ0v) is 11.2. The third kappa shape index (κ3) is 2.52. The number of benzene rings is 2. The second-order valence-electron chi connectivity index (χ2n) is 5.16. The summed E-state index contributed by atoms with van der Waals surface area (Å²) in [4.78, 5) is 12.9. The van der Waals surface area contributed by atoms with Gasteiger partial charge in [0.15, 0.2) is 0 Å². The standard InChI is InChI=1S/C17H17NO2/c19-17(20)18(12-13-5-2-1-3-6-13)16-10-9-14-7-4-8-15(14)11-16/h1-3,5-6,9-11H,4,7-8,12H2,(H,19,20). The van der Waals surface area contributed by atoms with Gasteiger partial charge in [-0.25, -0.2) is 4.79 Å². The molecule has 0 bridgehead atoms. The number of fused-ring (bicyclic) bond motifs is 1. The fourth-order valence-corrected chi connectivity index (χ4v) is 2.76. The Morgan fingerprint density at radius 3 is 2.55 bits per heavy atom. The van der Waals surface area contributed by atoms with Crippen LogP contribution in [0, 0.1) is 0 Å². The van der Waals surface area contributed by atoms with Gasteiger partial charge in [-0.05, 0) is 48.1 Å². The highest BCUT2D eigenvalue weighted by Crippen LogP contribution is 2.27. The number of amides is 1. The predicted octanol–water partition coefficient (Wildman–Crippen LogP) is 3.86. The highest BCUT2D eigenvalue weighted by atomic mass is 16.4. The van der Waals surface area contributed by atoms with E-state index >= 15 is 0 Å². The maximum Gasteiger partial charge on any atom is 0.412 e. The Kier molecular flexibility index (Phi) is 3.42. The SMILES string of the molecule is O=C(O)N(Cc1ccccc1)c1ccc2c(c1)CCC2. The summed E-state index contributed by atoms with van der Waals surface area (Å²) in [5.41, 5.74) is 4.41. The molecule has 0 spiro atoms. The minimum absolute atomic E-state index is 0.384. The van der Waals surface area contributed by atoms with Crippen LogP contribution in [-0.4, -0.2) is 11.2 Å². The summed E-state index contributed by atoms with van der Waals surface area (Å²) in [6.07, 6.45) is 2.43. The highest BCUT2D eigenvalue weighted by molar-refractivity contribution is 5.86. The minimum Gasteiger partial charge on any atom is -0.465 e. The molecule has 0 radical (unpaired) electrons. The van der Waals surface area contributed by atoms with Crippen LogP contribution in [0.3, 0.4) is 0 Å². The normalized spacial score (nSPS) is 13.0. The van der Waals surface area contributed by atoms with Gasteiger partial charge >= 0.3 is 6.09 Å². The molecule has 1 aliphatic rings. The number of aryl methyl sites for hydroxylation is 2. The van der Waals surface area contributed by atoms with E-state index in [9.17, 15) is 9.90 Å². The second kappa shape index (κ2) is 5.37. The second-order valence-corrected chi connectivity index (χ2v) is 5.16. The molecular weight excluding hydrogens is 250 g/mol. The van der Waals surface area contributed by atoms with E-state index < -0.39 is 6.09 Å². The van der Waals surface area contributed by atoms with E-state index in [1.807, 2.05) is 42.5 Å². The van der Waals surface area contributed by atoms with Gasteiger partial charge in [0.2, 0.25) is 0 Å². The van der Waals surface area contributed by atoms with Crippen molar-refractivity contribution in [2.45, 2.75) is 25.8 Å². The van der Waals surface area contributed by atoms with Crippen molar-refractivity contribution in [3.63, 3.8) is 0 Å². The van der Waals surface area contributed by atoms with Crippen molar-refractivity contribution >= 4 is 11.8 Å². The Balaban J connectivity index is 1.89. The van der Waals surface area contributed by atoms with E-state index in [1.54, 1.807) is 0 Å². The minimum atomic E-state index is -0.910. The third-order valence-corrected chi connectivity index (χ3v) is 3.81. The van der Waals surface area contributed by atoms with Crippen molar-refractivity contribution in [2.24, 2.45) is 0 Å².